The molecule has 5 nitrogen and oxygen atoms in total. The second kappa shape index (κ2) is 9.17. The van der Waals surface area contributed by atoms with Crippen LogP contribution in [0.2, 0.25) is 10.0 Å². The van der Waals surface area contributed by atoms with Crippen LogP contribution in [-0.4, -0.2) is 27.8 Å². The molecular weight excluding hydrogens is 451 g/mol. The van der Waals surface area contributed by atoms with Crippen molar-refractivity contribution in [2.45, 2.75) is 13.8 Å². The summed E-state index contributed by atoms with van der Waals surface area (Å²) in [7, 11) is 0. The van der Waals surface area contributed by atoms with E-state index in [4.69, 9.17) is 40.2 Å². The lowest BCUT2D eigenvalue weighted by Gasteiger charge is -2.16. The van der Waals surface area contributed by atoms with Crippen molar-refractivity contribution in [3.05, 3.63) is 68.0 Å². The first kappa shape index (κ1) is 21.6. The number of thioether (sulfide) groups is 1. The van der Waals surface area contributed by atoms with E-state index in [1.807, 2.05) is 13.8 Å². The first-order chi connectivity index (χ1) is 13.8. The highest BCUT2D eigenvalue weighted by atomic mass is 35.5. The summed E-state index contributed by atoms with van der Waals surface area (Å²) >= 11 is 18.6. The maximum Gasteiger partial charge on any atom is 0.285 e. The summed E-state index contributed by atoms with van der Waals surface area (Å²) in [5.41, 5.74) is 4.34. The van der Waals surface area contributed by atoms with Crippen molar-refractivity contribution in [1.82, 2.24) is 10.4 Å². The Hall–Kier alpha value is -2.06. The van der Waals surface area contributed by atoms with E-state index in [0.29, 0.717) is 32.9 Å². The summed E-state index contributed by atoms with van der Waals surface area (Å²) in [5.74, 6) is -0.373. The summed E-state index contributed by atoms with van der Waals surface area (Å²) in [6, 6.07) is 10.2. The van der Waals surface area contributed by atoms with Crippen molar-refractivity contribution < 1.29 is 14.3 Å². The van der Waals surface area contributed by atoms with Crippen LogP contribution in [0.3, 0.4) is 0 Å². The number of ether oxygens (including phenoxy) is 1. The normalized spacial score (nSPS) is 15.2. The van der Waals surface area contributed by atoms with Gasteiger partial charge in [0.15, 0.2) is 4.32 Å². The van der Waals surface area contributed by atoms with Crippen LogP contribution in [0, 0.1) is 6.92 Å². The van der Waals surface area contributed by atoms with Crippen LogP contribution in [0.1, 0.15) is 28.4 Å². The molecule has 2 amide bonds. The smallest absolute Gasteiger partial charge is 0.285 e. The monoisotopic (exact) mass is 466 g/mol. The van der Waals surface area contributed by atoms with Gasteiger partial charge in [-0.05, 0) is 68.0 Å². The van der Waals surface area contributed by atoms with Crippen LogP contribution in [0.15, 0.2) is 41.3 Å². The van der Waals surface area contributed by atoms with E-state index in [2.05, 4.69) is 5.43 Å². The fourth-order valence-electron chi connectivity index (χ4n) is 2.59. The number of halogens is 2. The number of thiocarbonyl (C=S) groups is 1. The molecule has 2 aromatic rings. The van der Waals surface area contributed by atoms with Gasteiger partial charge in [-0.25, -0.2) is 0 Å². The lowest BCUT2D eigenvalue weighted by molar-refractivity contribution is -0.123. The number of nitrogens with one attached hydrogen (secondary N) is 1. The van der Waals surface area contributed by atoms with Gasteiger partial charge in [0, 0.05) is 10.6 Å². The molecule has 0 atom stereocenters. The van der Waals surface area contributed by atoms with Crippen molar-refractivity contribution in [2.75, 3.05) is 6.61 Å². The third kappa shape index (κ3) is 4.93. The van der Waals surface area contributed by atoms with Gasteiger partial charge >= 0.3 is 0 Å². The van der Waals surface area contributed by atoms with Gasteiger partial charge in [-0.3, -0.25) is 15.0 Å². The molecule has 0 radical (unpaired) electrons. The Bertz CT molecular complexity index is 1040. The van der Waals surface area contributed by atoms with Crippen LogP contribution >= 0.6 is 47.2 Å². The van der Waals surface area contributed by atoms with Gasteiger partial charge in [0.2, 0.25) is 0 Å². The zero-order chi connectivity index (χ0) is 21.1. The summed E-state index contributed by atoms with van der Waals surface area (Å²) in [6.07, 6.45) is 1.64. The maximum absolute atomic E-state index is 12.8. The standard InChI is InChI=1S/C20H16Cl2N2O3S2/c1-3-27-16-7-5-13(21)9-12(16)10-17-19(26)24(20(28)29-17)23-18(25)14-6-4-11(2)8-15(14)22/h4-10H,3H2,1-2H3,(H,23,25)/b17-10+. The van der Waals surface area contributed by atoms with Gasteiger partial charge in [-0.1, -0.05) is 41.0 Å². The van der Waals surface area contributed by atoms with E-state index in [0.717, 1.165) is 22.3 Å². The van der Waals surface area contributed by atoms with Crippen LogP contribution in [-0.2, 0) is 4.79 Å². The molecule has 1 fully saturated rings. The first-order valence-corrected chi connectivity index (χ1v) is 10.6. The van der Waals surface area contributed by atoms with Gasteiger partial charge in [-0.2, -0.15) is 5.01 Å². The molecular formula is C20H16Cl2N2O3S2. The highest BCUT2D eigenvalue weighted by molar-refractivity contribution is 8.26. The molecule has 1 N–H and O–H groups in total. The minimum Gasteiger partial charge on any atom is -0.493 e. The van der Waals surface area contributed by atoms with Crippen LogP contribution < -0.4 is 10.2 Å². The zero-order valence-corrected chi connectivity index (χ0v) is 18.6. The fraction of sp³-hybridized carbons (Fsp3) is 0.150. The van der Waals surface area contributed by atoms with Gasteiger partial charge in [0.25, 0.3) is 11.8 Å². The minimum absolute atomic E-state index is 0.206. The molecule has 0 saturated carbocycles. The Morgan fingerprint density at radius 2 is 2.03 bits per heavy atom. The van der Waals surface area contributed by atoms with Gasteiger partial charge in [0.1, 0.15) is 5.75 Å². The second-order valence-corrected chi connectivity index (χ2v) is 8.58. The molecule has 1 aliphatic heterocycles. The second-order valence-electron chi connectivity index (χ2n) is 6.06. The fourth-order valence-corrected chi connectivity index (χ4v) is 4.26. The molecule has 0 spiro atoms. The Morgan fingerprint density at radius 1 is 1.28 bits per heavy atom. The highest BCUT2D eigenvalue weighted by Gasteiger charge is 2.34. The van der Waals surface area contributed by atoms with Gasteiger partial charge in [0.05, 0.1) is 22.1 Å². The van der Waals surface area contributed by atoms with Gasteiger partial charge < -0.3 is 4.74 Å². The number of hydrogen-bond donors (Lipinski definition) is 1. The SMILES string of the molecule is CCOc1ccc(Cl)cc1/C=C1/SC(=S)N(NC(=O)c2ccc(C)cc2Cl)C1=O. The number of nitrogens with zero attached hydrogens (tertiary/aromatic N) is 1. The number of benzene rings is 2. The number of rotatable bonds is 5. The van der Waals surface area contributed by atoms with Crippen molar-refractivity contribution in [3.63, 3.8) is 0 Å². The number of hydrogen-bond acceptors (Lipinski definition) is 5. The molecule has 1 saturated heterocycles. The topological polar surface area (TPSA) is 58.6 Å². The predicted octanol–water partition coefficient (Wildman–Crippen LogP) is 5.25. The Labute approximate surface area is 188 Å². The molecule has 0 unspecified atom stereocenters. The molecule has 3 rings (SSSR count). The van der Waals surface area contributed by atoms with Crippen molar-refractivity contribution in [2.24, 2.45) is 0 Å². The zero-order valence-electron chi connectivity index (χ0n) is 15.5. The van der Waals surface area contributed by atoms with Crippen molar-refractivity contribution in [3.8, 4) is 5.75 Å². The van der Waals surface area contributed by atoms with E-state index < -0.39 is 11.8 Å². The lowest BCUT2D eigenvalue weighted by Crippen LogP contribution is -2.44. The van der Waals surface area contributed by atoms with Crippen LogP contribution in [0.25, 0.3) is 6.08 Å². The van der Waals surface area contributed by atoms with Crippen LogP contribution in [0.5, 0.6) is 5.75 Å². The Balaban J connectivity index is 1.84. The number of hydrazine groups is 1. The molecule has 0 bridgehead atoms. The summed E-state index contributed by atoms with van der Waals surface area (Å²) in [5, 5.41) is 1.84. The maximum atomic E-state index is 12.8. The van der Waals surface area contributed by atoms with E-state index in [1.54, 1.807) is 42.5 Å². The first-order valence-electron chi connectivity index (χ1n) is 8.57. The number of carbonyl (C=O) groups excluding carboxylic acids is 2. The molecule has 0 aliphatic carbocycles. The van der Waals surface area contributed by atoms with E-state index >= 15 is 0 Å². The third-order valence-electron chi connectivity index (χ3n) is 3.93. The molecule has 1 heterocycles. The Kier molecular flexibility index (Phi) is 6.85. The lowest BCUT2D eigenvalue weighted by atomic mass is 10.1. The molecule has 150 valence electrons. The molecule has 2 aromatic carbocycles. The summed E-state index contributed by atoms with van der Waals surface area (Å²) < 4.78 is 5.79. The number of carbonyl (C=O) groups is 2. The average Bonchev–Trinajstić information content (AvgIpc) is 2.91. The number of amides is 2. The summed E-state index contributed by atoms with van der Waals surface area (Å²) in [4.78, 5) is 25.7. The van der Waals surface area contributed by atoms with Gasteiger partial charge in [-0.15, -0.1) is 0 Å². The largest absolute Gasteiger partial charge is 0.493 e. The molecule has 1 aliphatic rings. The van der Waals surface area contributed by atoms with Crippen molar-refractivity contribution in [1.29, 1.82) is 0 Å². The highest BCUT2D eigenvalue weighted by Crippen LogP contribution is 2.34. The Morgan fingerprint density at radius 3 is 2.72 bits per heavy atom. The molecule has 9 heteroatoms. The minimum atomic E-state index is -0.523. The van der Waals surface area contributed by atoms with Crippen LogP contribution in [0.4, 0.5) is 0 Å². The summed E-state index contributed by atoms with van der Waals surface area (Å²) in [6.45, 7) is 4.20. The van der Waals surface area contributed by atoms with E-state index in [9.17, 15) is 9.59 Å². The average molecular weight is 467 g/mol. The van der Waals surface area contributed by atoms with Crippen molar-refractivity contribution >= 4 is 69.4 Å². The quantitative estimate of drug-likeness (QED) is 0.481. The number of aryl methyl sites for hydroxylation is 1. The molecule has 29 heavy (non-hydrogen) atoms. The van der Waals surface area contributed by atoms with E-state index in [-0.39, 0.29) is 9.88 Å². The van der Waals surface area contributed by atoms with E-state index in [1.165, 1.54) is 0 Å². The molecule has 0 aromatic heterocycles. The predicted molar refractivity (Wildman–Crippen MR) is 121 cm³/mol. The third-order valence-corrected chi connectivity index (χ3v) is 5.78.